The van der Waals surface area contributed by atoms with Gasteiger partial charge in [-0.1, -0.05) is 6.42 Å². The predicted octanol–water partition coefficient (Wildman–Crippen LogP) is 3.85. The van der Waals surface area contributed by atoms with E-state index in [1.807, 2.05) is 17.4 Å². The van der Waals surface area contributed by atoms with Gasteiger partial charge in [0.2, 0.25) is 0 Å². The van der Waals surface area contributed by atoms with E-state index in [1.165, 1.54) is 42.5 Å². The van der Waals surface area contributed by atoms with Crippen LogP contribution in [0.4, 0.5) is 0 Å². The van der Waals surface area contributed by atoms with Crippen LogP contribution in [0.1, 0.15) is 46.2 Å². The summed E-state index contributed by atoms with van der Waals surface area (Å²) in [4.78, 5) is 2.91. The summed E-state index contributed by atoms with van der Waals surface area (Å²) >= 11 is 1.92. The van der Waals surface area contributed by atoms with Crippen LogP contribution in [-0.4, -0.2) is 0 Å². The molecule has 0 aliphatic heterocycles. The van der Waals surface area contributed by atoms with E-state index in [9.17, 15) is 0 Å². The van der Waals surface area contributed by atoms with Gasteiger partial charge in [0.25, 0.3) is 0 Å². The first-order chi connectivity index (χ1) is 8.83. The summed E-state index contributed by atoms with van der Waals surface area (Å²) in [5.41, 5.74) is 9.04. The lowest BCUT2D eigenvalue weighted by Crippen LogP contribution is -2.11. The molecule has 0 bridgehead atoms. The Labute approximate surface area is 112 Å². The van der Waals surface area contributed by atoms with E-state index < -0.39 is 0 Å². The van der Waals surface area contributed by atoms with Gasteiger partial charge in [-0.2, -0.15) is 0 Å². The molecule has 1 aliphatic rings. The fourth-order valence-corrected chi connectivity index (χ4v) is 3.90. The van der Waals surface area contributed by atoms with Crippen LogP contribution in [0.2, 0.25) is 0 Å². The van der Waals surface area contributed by atoms with Crippen molar-refractivity contribution in [2.24, 2.45) is 5.73 Å². The number of fused-ring (bicyclic) bond motifs is 1. The van der Waals surface area contributed by atoms with Crippen molar-refractivity contribution in [2.45, 2.75) is 44.6 Å². The molecule has 0 aromatic carbocycles. The van der Waals surface area contributed by atoms with Crippen molar-refractivity contribution in [3.8, 4) is 0 Å². The van der Waals surface area contributed by atoms with Crippen LogP contribution >= 0.6 is 11.3 Å². The van der Waals surface area contributed by atoms with Gasteiger partial charge in [-0.3, -0.25) is 0 Å². The molecule has 3 rings (SSSR count). The summed E-state index contributed by atoms with van der Waals surface area (Å²) in [6.07, 6.45) is 10.9. The lowest BCUT2D eigenvalue weighted by Gasteiger charge is -2.07. The second-order valence-electron chi connectivity index (χ2n) is 5.10. The van der Waals surface area contributed by atoms with E-state index in [0.29, 0.717) is 0 Å². The monoisotopic (exact) mass is 261 g/mol. The smallest absolute Gasteiger partial charge is 0.0935 e. The molecule has 1 aliphatic carbocycles. The van der Waals surface area contributed by atoms with Gasteiger partial charge in [0, 0.05) is 15.8 Å². The third-order valence-electron chi connectivity index (χ3n) is 3.67. The average molecular weight is 261 g/mol. The summed E-state index contributed by atoms with van der Waals surface area (Å²) in [6, 6.07) is 4.45. The fraction of sp³-hybridized carbons (Fsp3) is 0.467. The first-order valence-electron chi connectivity index (χ1n) is 6.71. The van der Waals surface area contributed by atoms with Gasteiger partial charge in [-0.15, -0.1) is 11.3 Å². The van der Waals surface area contributed by atoms with Crippen LogP contribution in [-0.2, 0) is 19.3 Å². The standard InChI is InChI=1S/C15H19NOS/c16-13(8-11-6-7-17-10-11)15-9-12-4-2-1-3-5-14(12)18-15/h6-7,9-10,13H,1-5,8,16H2. The maximum Gasteiger partial charge on any atom is 0.0935 e. The zero-order valence-corrected chi connectivity index (χ0v) is 11.3. The van der Waals surface area contributed by atoms with E-state index in [0.717, 1.165) is 6.42 Å². The molecule has 2 aromatic rings. The molecular formula is C15H19NOS. The molecule has 2 N–H and O–H groups in total. The van der Waals surface area contributed by atoms with Crippen LogP contribution in [0.15, 0.2) is 29.1 Å². The van der Waals surface area contributed by atoms with E-state index >= 15 is 0 Å². The molecule has 1 atom stereocenters. The molecule has 2 aromatic heterocycles. The number of rotatable bonds is 3. The Balaban J connectivity index is 1.76. The van der Waals surface area contributed by atoms with Crippen LogP contribution in [0.25, 0.3) is 0 Å². The van der Waals surface area contributed by atoms with E-state index in [2.05, 4.69) is 6.07 Å². The summed E-state index contributed by atoms with van der Waals surface area (Å²) in [5, 5.41) is 0. The molecule has 0 fully saturated rings. The van der Waals surface area contributed by atoms with Crippen molar-refractivity contribution in [1.82, 2.24) is 0 Å². The zero-order chi connectivity index (χ0) is 12.4. The molecule has 18 heavy (non-hydrogen) atoms. The number of aryl methyl sites for hydroxylation is 2. The highest BCUT2D eigenvalue weighted by Gasteiger charge is 2.16. The second-order valence-corrected chi connectivity index (χ2v) is 6.27. The average Bonchev–Trinajstić information content (AvgIpc) is 2.95. The first-order valence-corrected chi connectivity index (χ1v) is 7.53. The zero-order valence-electron chi connectivity index (χ0n) is 10.5. The second kappa shape index (κ2) is 5.29. The molecule has 96 valence electrons. The third-order valence-corrected chi connectivity index (χ3v) is 5.04. The lowest BCUT2D eigenvalue weighted by atomic mass is 10.1. The summed E-state index contributed by atoms with van der Waals surface area (Å²) < 4.78 is 5.10. The molecular weight excluding hydrogens is 242 g/mol. The van der Waals surface area contributed by atoms with Gasteiger partial charge in [-0.05, 0) is 55.4 Å². The Kier molecular flexibility index (Phi) is 3.52. The Morgan fingerprint density at radius 3 is 3.00 bits per heavy atom. The minimum atomic E-state index is 0.111. The van der Waals surface area contributed by atoms with Gasteiger partial charge in [-0.25, -0.2) is 0 Å². The molecule has 1 unspecified atom stereocenters. The highest BCUT2D eigenvalue weighted by Crippen LogP contribution is 2.32. The number of nitrogens with two attached hydrogens (primary N) is 1. The fourth-order valence-electron chi connectivity index (χ4n) is 2.64. The SMILES string of the molecule is NC(Cc1ccoc1)c1cc2c(s1)CCCCC2. The van der Waals surface area contributed by atoms with Gasteiger partial charge in [0.15, 0.2) is 0 Å². The number of furan rings is 1. The topological polar surface area (TPSA) is 39.2 Å². The van der Waals surface area contributed by atoms with Crippen LogP contribution in [0.5, 0.6) is 0 Å². The number of hydrogen-bond donors (Lipinski definition) is 1. The molecule has 3 heteroatoms. The largest absolute Gasteiger partial charge is 0.472 e. The molecule has 0 saturated carbocycles. The Morgan fingerprint density at radius 1 is 1.28 bits per heavy atom. The summed E-state index contributed by atoms with van der Waals surface area (Å²) in [7, 11) is 0. The lowest BCUT2D eigenvalue weighted by molar-refractivity contribution is 0.561. The van der Waals surface area contributed by atoms with E-state index in [1.54, 1.807) is 23.0 Å². The maximum atomic E-state index is 6.31. The quantitative estimate of drug-likeness (QED) is 0.852. The minimum Gasteiger partial charge on any atom is -0.472 e. The van der Waals surface area contributed by atoms with Gasteiger partial charge in [0.05, 0.1) is 12.5 Å². The van der Waals surface area contributed by atoms with Crippen molar-refractivity contribution in [3.63, 3.8) is 0 Å². The Bertz CT molecular complexity index is 477. The number of thiophene rings is 1. The van der Waals surface area contributed by atoms with Gasteiger partial charge in [0.1, 0.15) is 0 Å². The van der Waals surface area contributed by atoms with E-state index in [-0.39, 0.29) is 6.04 Å². The molecule has 2 heterocycles. The van der Waals surface area contributed by atoms with Crippen LogP contribution in [0.3, 0.4) is 0 Å². The van der Waals surface area contributed by atoms with Crippen LogP contribution < -0.4 is 5.73 Å². The summed E-state index contributed by atoms with van der Waals surface area (Å²) in [6.45, 7) is 0. The highest BCUT2D eigenvalue weighted by molar-refractivity contribution is 7.12. The van der Waals surface area contributed by atoms with Gasteiger partial charge < -0.3 is 10.2 Å². The Morgan fingerprint density at radius 2 is 2.17 bits per heavy atom. The molecule has 0 spiro atoms. The van der Waals surface area contributed by atoms with Crippen LogP contribution in [0, 0.1) is 0 Å². The van der Waals surface area contributed by atoms with Crippen molar-refractivity contribution in [3.05, 3.63) is 45.5 Å². The summed E-state index contributed by atoms with van der Waals surface area (Å²) in [5.74, 6) is 0. The third kappa shape index (κ3) is 2.52. The van der Waals surface area contributed by atoms with E-state index in [4.69, 9.17) is 10.2 Å². The maximum absolute atomic E-state index is 6.31. The molecule has 0 saturated heterocycles. The minimum absolute atomic E-state index is 0.111. The highest BCUT2D eigenvalue weighted by atomic mass is 32.1. The molecule has 0 radical (unpaired) electrons. The van der Waals surface area contributed by atoms with Gasteiger partial charge >= 0.3 is 0 Å². The predicted molar refractivity (Wildman–Crippen MR) is 74.9 cm³/mol. The van der Waals surface area contributed by atoms with Crippen molar-refractivity contribution >= 4 is 11.3 Å². The Hall–Kier alpha value is -1.06. The van der Waals surface area contributed by atoms with Crippen molar-refractivity contribution in [1.29, 1.82) is 0 Å². The molecule has 2 nitrogen and oxygen atoms in total. The molecule has 0 amide bonds. The first kappa shape index (κ1) is 12.0. The number of hydrogen-bond acceptors (Lipinski definition) is 3. The van der Waals surface area contributed by atoms with Crippen molar-refractivity contribution in [2.75, 3.05) is 0 Å². The normalized spacial score (nSPS) is 17.2. The van der Waals surface area contributed by atoms with Crippen molar-refractivity contribution < 1.29 is 4.42 Å².